The van der Waals surface area contributed by atoms with E-state index in [1.807, 2.05) is 6.92 Å². The molecule has 4 nitrogen and oxygen atoms in total. The van der Waals surface area contributed by atoms with Gasteiger partial charge in [-0.15, -0.1) is 0 Å². The third kappa shape index (κ3) is 4.25. The van der Waals surface area contributed by atoms with Gasteiger partial charge in [0.05, 0.1) is 12.5 Å². The molecule has 1 heterocycles. The third-order valence-corrected chi connectivity index (χ3v) is 4.16. The molecule has 0 aliphatic carbocycles. The Morgan fingerprint density at radius 2 is 2.29 bits per heavy atom. The number of amides is 1. The van der Waals surface area contributed by atoms with Crippen molar-refractivity contribution in [3.05, 3.63) is 35.6 Å². The predicted molar refractivity (Wildman–Crippen MR) is 79.2 cm³/mol. The highest BCUT2D eigenvalue weighted by molar-refractivity contribution is 5.77. The number of rotatable bonds is 4. The Morgan fingerprint density at radius 3 is 2.95 bits per heavy atom. The summed E-state index contributed by atoms with van der Waals surface area (Å²) in [6.07, 6.45) is -0.0240. The van der Waals surface area contributed by atoms with Gasteiger partial charge in [-0.1, -0.05) is 19.1 Å². The maximum Gasteiger partial charge on any atom is 0.223 e. The van der Waals surface area contributed by atoms with Crippen molar-refractivity contribution < 1.29 is 14.3 Å². The Bertz CT molecular complexity index is 485. The molecular weight excluding hydrogens is 271 g/mol. The molecule has 5 heteroatoms. The van der Waals surface area contributed by atoms with Gasteiger partial charge in [-0.3, -0.25) is 4.79 Å². The zero-order valence-electron chi connectivity index (χ0n) is 12.5. The molecular formula is C16H23FN2O2. The van der Waals surface area contributed by atoms with Crippen LogP contribution < -0.4 is 10.6 Å². The number of hydrogen-bond acceptors (Lipinski definition) is 3. The average molecular weight is 294 g/mol. The van der Waals surface area contributed by atoms with Crippen molar-refractivity contribution in [2.24, 2.45) is 5.92 Å². The van der Waals surface area contributed by atoms with Crippen LogP contribution in [-0.2, 0) is 4.79 Å². The zero-order valence-corrected chi connectivity index (χ0v) is 12.5. The lowest BCUT2D eigenvalue weighted by molar-refractivity contribution is -0.124. The van der Waals surface area contributed by atoms with Crippen molar-refractivity contribution >= 4 is 5.91 Å². The van der Waals surface area contributed by atoms with Gasteiger partial charge in [0, 0.05) is 12.1 Å². The molecule has 0 bridgehead atoms. The van der Waals surface area contributed by atoms with Crippen LogP contribution in [0.5, 0.6) is 0 Å². The fourth-order valence-electron chi connectivity index (χ4n) is 2.86. The van der Waals surface area contributed by atoms with Crippen LogP contribution in [-0.4, -0.2) is 29.6 Å². The summed E-state index contributed by atoms with van der Waals surface area (Å²) in [4.78, 5) is 12.1. The topological polar surface area (TPSA) is 61.4 Å². The number of benzene rings is 1. The van der Waals surface area contributed by atoms with E-state index in [4.69, 9.17) is 0 Å². The first-order chi connectivity index (χ1) is 9.97. The smallest absolute Gasteiger partial charge is 0.223 e. The van der Waals surface area contributed by atoms with Gasteiger partial charge in [-0.05, 0) is 43.5 Å². The Labute approximate surface area is 124 Å². The Kier molecular flexibility index (Phi) is 5.31. The molecule has 1 aromatic carbocycles. The van der Waals surface area contributed by atoms with Gasteiger partial charge in [-0.2, -0.15) is 0 Å². The minimum Gasteiger partial charge on any atom is -0.388 e. The minimum absolute atomic E-state index is 0.0562. The first-order valence-corrected chi connectivity index (χ1v) is 7.43. The largest absolute Gasteiger partial charge is 0.388 e. The SMILES string of the molecule is C[C@@H]1CCN[C@H](C)[C@H]1NC(=O)C[C@H](O)c1cccc(F)c1. The van der Waals surface area contributed by atoms with E-state index in [1.165, 1.54) is 18.2 Å². The summed E-state index contributed by atoms with van der Waals surface area (Å²) in [5, 5.41) is 16.3. The van der Waals surface area contributed by atoms with Crippen molar-refractivity contribution in [2.75, 3.05) is 6.54 Å². The number of aliphatic hydroxyl groups is 1. The second-order valence-corrected chi connectivity index (χ2v) is 5.88. The fraction of sp³-hybridized carbons (Fsp3) is 0.562. The van der Waals surface area contributed by atoms with E-state index in [0.717, 1.165) is 13.0 Å². The number of piperidine rings is 1. The van der Waals surface area contributed by atoms with Crippen molar-refractivity contribution in [1.29, 1.82) is 0 Å². The van der Waals surface area contributed by atoms with Crippen molar-refractivity contribution in [3.8, 4) is 0 Å². The highest BCUT2D eigenvalue weighted by atomic mass is 19.1. The van der Waals surface area contributed by atoms with Gasteiger partial charge in [0.2, 0.25) is 5.91 Å². The van der Waals surface area contributed by atoms with Crippen molar-refractivity contribution in [3.63, 3.8) is 0 Å². The molecule has 2 rings (SSSR count). The van der Waals surface area contributed by atoms with E-state index >= 15 is 0 Å². The number of carbonyl (C=O) groups excluding carboxylic acids is 1. The summed E-state index contributed by atoms with van der Waals surface area (Å²) in [5.74, 6) is -0.221. The molecule has 1 amide bonds. The number of halogens is 1. The second-order valence-electron chi connectivity index (χ2n) is 5.88. The lowest BCUT2D eigenvalue weighted by Crippen LogP contribution is -2.56. The standard InChI is InChI=1S/C16H23FN2O2/c1-10-6-7-18-11(2)16(10)19-15(21)9-14(20)12-4-3-5-13(17)8-12/h3-5,8,10-11,14,16,18,20H,6-7,9H2,1-2H3,(H,19,21)/t10-,11-,14+,16+/m1/s1. The number of aliphatic hydroxyl groups excluding tert-OH is 1. The Balaban J connectivity index is 1.92. The van der Waals surface area contributed by atoms with E-state index in [9.17, 15) is 14.3 Å². The quantitative estimate of drug-likeness (QED) is 0.793. The highest BCUT2D eigenvalue weighted by Crippen LogP contribution is 2.19. The molecule has 0 spiro atoms. The van der Waals surface area contributed by atoms with Crippen LogP contribution >= 0.6 is 0 Å². The predicted octanol–water partition coefficient (Wildman–Crippen LogP) is 1.75. The third-order valence-electron chi connectivity index (χ3n) is 4.16. The molecule has 0 saturated carbocycles. The first kappa shape index (κ1) is 15.9. The number of nitrogens with one attached hydrogen (secondary N) is 2. The molecule has 0 unspecified atom stereocenters. The maximum absolute atomic E-state index is 13.1. The molecule has 0 aromatic heterocycles. The molecule has 1 aliphatic heterocycles. The van der Waals surface area contributed by atoms with Crippen LogP contribution in [0, 0.1) is 11.7 Å². The summed E-state index contributed by atoms with van der Waals surface area (Å²) in [5.41, 5.74) is 0.424. The van der Waals surface area contributed by atoms with Gasteiger partial charge in [0.15, 0.2) is 0 Å². The average Bonchev–Trinajstić information content (AvgIpc) is 2.43. The number of carbonyl (C=O) groups is 1. The molecule has 3 N–H and O–H groups in total. The Morgan fingerprint density at radius 1 is 1.52 bits per heavy atom. The number of hydrogen-bond donors (Lipinski definition) is 3. The van der Waals surface area contributed by atoms with Crippen LogP contribution in [0.3, 0.4) is 0 Å². The molecule has 4 atom stereocenters. The normalized spacial score (nSPS) is 27.1. The Hall–Kier alpha value is -1.46. The molecule has 116 valence electrons. The fourth-order valence-corrected chi connectivity index (χ4v) is 2.86. The zero-order chi connectivity index (χ0) is 15.4. The van der Waals surface area contributed by atoms with Crippen LogP contribution in [0.25, 0.3) is 0 Å². The van der Waals surface area contributed by atoms with E-state index in [0.29, 0.717) is 11.5 Å². The molecule has 1 aromatic rings. The highest BCUT2D eigenvalue weighted by Gasteiger charge is 2.29. The lowest BCUT2D eigenvalue weighted by Gasteiger charge is -2.36. The van der Waals surface area contributed by atoms with Gasteiger partial charge in [0.25, 0.3) is 0 Å². The maximum atomic E-state index is 13.1. The van der Waals surface area contributed by atoms with E-state index in [2.05, 4.69) is 17.6 Å². The first-order valence-electron chi connectivity index (χ1n) is 7.43. The van der Waals surface area contributed by atoms with Crippen LogP contribution in [0.4, 0.5) is 4.39 Å². The van der Waals surface area contributed by atoms with Crippen LogP contribution in [0.1, 0.15) is 38.4 Å². The summed E-state index contributed by atoms with van der Waals surface area (Å²) in [6.45, 7) is 5.12. The summed E-state index contributed by atoms with van der Waals surface area (Å²) < 4.78 is 13.1. The second kappa shape index (κ2) is 7.00. The van der Waals surface area contributed by atoms with E-state index < -0.39 is 11.9 Å². The van der Waals surface area contributed by atoms with Gasteiger partial charge in [-0.25, -0.2) is 4.39 Å². The molecule has 1 saturated heterocycles. The molecule has 21 heavy (non-hydrogen) atoms. The summed E-state index contributed by atoms with van der Waals surface area (Å²) in [7, 11) is 0. The van der Waals surface area contributed by atoms with E-state index in [1.54, 1.807) is 6.07 Å². The van der Waals surface area contributed by atoms with Crippen molar-refractivity contribution in [2.45, 2.75) is 44.9 Å². The lowest BCUT2D eigenvalue weighted by atomic mass is 9.89. The molecule has 1 fully saturated rings. The van der Waals surface area contributed by atoms with Gasteiger partial charge < -0.3 is 15.7 Å². The van der Waals surface area contributed by atoms with Gasteiger partial charge >= 0.3 is 0 Å². The summed E-state index contributed by atoms with van der Waals surface area (Å²) in [6, 6.07) is 5.99. The molecule has 1 aliphatic rings. The van der Waals surface area contributed by atoms with Crippen LogP contribution in [0.2, 0.25) is 0 Å². The van der Waals surface area contributed by atoms with Crippen molar-refractivity contribution in [1.82, 2.24) is 10.6 Å². The molecule has 0 radical (unpaired) electrons. The van der Waals surface area contributed by atoms with E-state index in [-0.39, 0.29) is 24.4 Å². The minimum atomic E-state index is -0.983. The monoisotopic (exact) mass is 294 g/mol. The van der Waals surface area contributed by atoms with Crippen LogP contribution in [0.15, 0.2) is 24.3 Å². The summed E-state index contributed by atoms with van der Waals surface area (Å²) >= 11 is 0. The van der Waals surface area contributed by atoms with Gasteiger partial charge in [0.1, 0.15) is 5.82 Å².